The van der Waals surface area contributed by atoms with Crippen LogP contribution in [-0.4, -0.2) is 56.0 Å². The number of amides is 1. The second-order valence-electron chi connectivity index (χ2n) is 3.89. The average molecular weight is 299 g/mol. The summed E-state index contributed by atoms with van der Waals surface area (Å²) in [6.45, 7) is 4.01. The molecule has 1 amide bonds. The normalized spacial score (nSPS) is 9.86. The van der Waals surface area contributed by atoms with E-state index in [4.69, 9.17) is 0 Å². The molecule has 0 unspecified atom stereocenters. The number of likely N-dealkylation sites (N-methyl/N-ethyl adjacent to an activating group) is 1. The molecular weight excluding hydrogens is 282 g/mol. The smallest absolute Gasteiger partial charge is 0.331 e. The summed E-state index contributed by atoms with van der Waals surface area (Å²) in [5.74, 6) is -2.66. The van der Waals surface area contributed by atoms with Crippen molar-refractivity contribution in [3.8, 4) is 0 Å². The lowest BCUT2D eigenvalue weighted by atomic mass is 10.5. The highest BCUT2D eigenvalue weighted by Gasteiger charge is 2.15. The fourth-order valence-electron chi connectivity index (χ4n) is 1.00. The number of ether oxygens (including phenoxy) is 3. The van der Waals surface area contributed by atoms with E-state index in [2.05, 4.69) is 20.8 Å². The zero-order chi connectivity index (χ0) is 16.4. The average Bonchev–Trinajstić information content (AvgIpc) is 2.40. The van der Waals surface area contributed by atoms with Crippen LogP contribution in [-0.2, 0) is 33.4 Å². The first-order valence-corrected chi connectivity index (χ1v) is 5.79. The van der Waals surface area contributed by atoms with Crippen molar-refractivity contribution in [1.82, 2.24) is 4.90 Å². The number of carbonyl (C=O) groups excluding carboxylic acids is 4. The largest absolute Gasteiger partial charge is 0.466 e. The van der Waals surface area contributed by atoms with Crippen LogP contribution < -0.4 is 0 Å². The van der Waals surface area contributed by atoms with Crippen LogP contribution in [0.4, 0.5) is 0 Å². The van der Waals surface area contributed by atoms with Gasteiger partial charge in [-0.3, -0.25) is 4.79 Å². The summed E-state index contributed by atoms with van der Waals surface area (Å²) >= 11 is 0. The zero-order valence-corrected chi connectivity index (χ0v) is 12.1. The van der Waals surface area contributed by atoms with Crippen LogP contribution in [0, 0.1) is 0 Å². The predicted molar refractivity (Wildman–Crippen MR) is 70.7 cm³/mol. The van der Waals surface area contributed by atoms with Crippen molar-refractivity contribution in [2.24, 2.45) is 0 Å². The van der Waals surface area contributed by atoms with E-state index in [1.165, 1.54) is 14.0 Å². The van der Waals surface area contributed by atoms with Crippen LogP contribution in [0.3, 0.4) is 0 Å². The fourth-order valence-corrected chi connectivity index (χ4v) is 1.00. The molecule has 0 N–H and O–H groups in total. The molecule has 0 spiro atoms. The van der Waals surface area contributed by atoms with Crippen molar-refractivity contribution in [3.05, 3.63) is 24.5 Å². The van der Waals surface area contributed by atoms with E-state index in [-0.39, 0.29) is 12.3 Å². The molecule has 0 saturated heterocycles. The van der Waals surface area contributed by atoms with Gasteiger partial charge in [-0.25, -0.2) is 14.4 Å². The Balaban J connectivity index is 4.16. The van der Waals surface area contributed by atoms with E-state index in [9.17, 15) is 19.2 Å². The van der Waals surface area contributed by atoms with Crippen molar-refractivity contribution in [2.75, 3.05) is 27.3 Å². The summed E-state index contributed by atoms with van der Waals surface area (Å²) < 4.78 is 13.5. The fraction of sp³-hybridized carbons (Fsp3) is 0.385. The molecule has 0 aliphatic carbocycles. The first-order chi connectivity index (χ1) is 9.76. The van der Waals surface area contributed by atoms with Gasteiger partial charge in [0.25, 0.3) is 5.91 Å². The molecular formula is C13H17NO7. The molecule has 0 saturated carbocycles. The number of allylic oxidation sites excluding steroid dienone is 1. The Labute approximate surface area is 121 Å². The van der Waals surface area contributed by atoms with E-state index in [1.807, 2.05) is 0 Å². The molecule has 0 fully saturated rings. The van der Waals surface area contributed by atoms with Crippen molar-refractivity contribution in [2.45, 2.75) is 6.92 Å². The van der Waals surface area contributed by atoms with Gasteiger partial charge in [-0.1, -0.05) is 6.58 Å². The summed E-state index contributed by atoms with van der Waals surface area (Å²) in [5.41, 5.74) is 0. The summed E-state index contributed by atoms with van der Waals surface area (Å²) in [5, 5.41) is 0. The van der Waals surface area contributed by atoms with Gasteiger partial charge in [0.2, 0.25) is 0 Å². The van der Waals surface area contributed by atoms with E-state index in [1.54, 1.807) is 0 Å². The van der Waals surface area contributed by atoms with Gasteiger partial charge < -0.3 is 19.1 Å². The third-order valence-corrected chi connectivity index (χ3v) is 1.97. The van der Waals surface area contributed by atoms with Crippen molar-refractivity contribution in [3.63, 3.8) is 0 Å². The van der Waals surface area contributed by atoms with Gasteiger partial charge in [-0.05, 0) is 6.92 Å². The number of rotatable bonds is 7. The zero-order valence-electron chi connectivity index (χ0n) is 12.1. The minimum atomic E-state index is -0.883. The van der Waals surface area contributed by atoms with Crippen molar-refractivity contribution >= 4 is 23.8 Å². The van der Waals surface area contributed by atoms with Crippen LogP contribution in [0.15, 0.2) is 24.5 Å². The van der Waals surface area contributed by atoms with Crippen LogP contribution in [0.5, 0.6) is 0 Å². The number of hydrogen-bond donors (Lipinski definition) is 0. The molecule has 0 atom stereocenters. The van der Waals surface area contributed by atoms with Crippen molar-refractivity contribution in [1.29, 1.82) is 0 Å². The Morgan fingerprint density at radius 3 is 2.24 bits per heavy atom. The maximum absolute atomic E-state index is 11.6. The van der Waals surface area contributed by atoms with Crippen molar-refractivity contribution < 1.29 is 33.4 Å². The molecule has 0 aromatic heterocycles. The summed E-state index contributed by atoms with van der Waals surface area (Å²) in [6, 6.07) is 0. The monoisotopic (exact) mass is 299 g/mol. The molecule has 0 aliphatic rings. The molecule has 0 radical (unpaired) electrons. The molecule has 0 bridgehead atoms. The highest BCUT2D eigenvalue weighted by molar-refractivity contribution is 5.92. The highest BCUT2D eigenvalue weighted by atomic mass is 16.5. The quantitative estimate of drug-likeness (QED) is 0.277. The molecule has 0 aliphatic heterocycles. The van der Waals surface area contributed by atoms with Crippen LogP contribution in [0.25, 0.3) is 0 Å². The lowest BCUT2D eigenvalue weighted by Crippen LogP contribution is -2.35. The van der Waals surface area contributed by atoms with Crippen LogP contribution >= 0.6 is 0 Å². The molecule has 8 nitrogen and oxygen atoms in total. The van der Waals surface area contributed by atoms with Gasteiger partial charge in [0.1, 0.15) is 6.54 Å². The Kier molecular flexibility index (Phi) is 8.13. The maximum Gasteiger partial charge on any atom is 0.331 e. The molecule has 0 rings (SSSR count). The van der Waals surface area contributed by atoms with Gasteiger partial charge in [0, 0.05) is 19.2 Å². The number of carbonyl (C=O) groups is 4. The topological polar surface area (TPSA) is 99.2 Å². The molecule has 0 heterocycles. The van der Waals surface area contributed by atoms with Crippen LogP contribution in [0.1, 0.15) is 6.92 Å². The Morgan fingerprint density at radius 2 is 1.71 bits per heavy atom. The third kappa shape index (κ3) is 8.98. The lowest BCUT2D eigenvalue weighted by molar-refractivity contribution is -0.151. The van der Waals surface area contributed by atoms with E-state index in [0.717, 1.165) is 24.2 Å². The molecule has 21 heavy (non-hydrogen) atoms. The second kappa shape index (κ2) is 9.29. The molecule has 116 valence electrons. The predicted octanol–water partition coefficient (Wildman–Crippen LogP) is -0.206. The van der Waals surface area contributed by atoms with Gasteiger partial charge in [-0.15, -0.1) is 0 Å². The Bertz CT molecular complexity index is 467. The molecule has 0 aromatic rings. The number of esters is 3. The first-order valence-electron chi connectivity index (χ1n) is 5.79. The minimum Gasteiger partial charge on any atom is -0.466 e. The SMILES string of the molecule is C=C(C)OC(=O)CN(C)C(=O)COC(=O)/C=C/C(=O)OC. The van der Waals surface area contributed by atoms with Gasteiger partial charge in [-0.2, -0.15) is 0 Å². The second-order valence-corrected chi connectivity index (χ2v) is 3.89. The van der Waals surface area contributed by atoms with E-state index >= 15 is 0 Å². The summed E-state index contributed by atoms with van der Waals surface area (Å²) in [6.07, 6.45) is 1.69. The first kappa shape index (κ1) is 18.4. The number of methoxy groups -OCH3 is 1. The third-order valence-electron chi connectivity index (χ3n) is 1.97. The Morgan fingerprint density at radius 1 is 1.14 bits per heavy atom. The van der Waals surface area contributed by atoms with Gasteiger partial charge in [0.15, 0.2) is 6.61 Å². The standard InChI is InChI=1S/C13H17NO7/c1-9(2)21-13(18)7-14(3)10(15)8-20-12(17)6-5-11(16)19-4/h5-6H,1,7-8H2,2-4H3/b6-5+. The Hall–Kier alpha value is -2.64. The van der Waals surface area contributed by atoms with Gasteiger partial charge in [0.05, 0.1) is 12.9 Å². The number of nitrogens with zero attached hydrogens (tertiary/aromatic N) is 1. The van der Waals surface area contributed by atoms with Crippen LogP contribution in [0.2, 0.25) is 0 Å². The number of hydrogen-bond acceptors (Lipinski definition) is 7. The highest BCUT2D eigenvalue weighted by Crippen LogP contribution is 1.95. The molecule has 8 heteroatoms. The van der Waals surface area contributed by atoms with E-state index < -0.39 is 30.4 Å². The van der Waals surface area contributed by atoms with Gasteiger partial charge >= 0.3 is 17.9 Å². The maximum atomic E-state index is 11.6. The summed E-state index contributed by atoms with van der Waals surface area (Å²) in [4.78, 5) is 45.8. The van der Waals surface area contributed by atoms with E-state index in [0.29, 0.717) is 0 Å². The minimum absolute atomic E-state index is 0.209. The summed E-state index contributed by atoms with van der Waals surface area (Å²) in [7, 11) is 2.50. The molecule has 0 aromatic carbocycles. The lowest BCUT2D eigenvalue weighted by Gasteiger charge is -2.15.